The van der Waals surface area contributed by atoms with Crippen LogP contribution in [0.4, 0.5) is 0 Å². The lowest BCUT2D eigenvalue weighted by atomic mass is 10.0. The number of nitrogens with zero attached hydrogens (tertiary/aromatic N) is 1. The van der Waals surface area contributed by atoms with Crippen LogP contribution in [0.1, 0.15) is 39.1 Å². The van der Waals surface area contributed by atoms with Crippen LogP contribution in [0.15, 0.2) is 18.2 Å². The van der Waals surface area contributed by atoms with E-state index in [0.717, 1.165) is 23.6 Å². The molecule has 1 fully saturated rings. The maximum Gasteiger partial charge on any atom is 0.262 e. The van der Waals surface area contributed by atoms with Crippen molar-refractivity contribution in [3.8, 4) is 0 Å². The Balaban J connectivity index is 1.84. The number of hydrogen-bond donors (Lipinski definition) is 3. The SMILES string of the molecule is CNCCNCc1cccc2c1C(=O)N(C1CCC(=O)NC1=O)C2=O. The van der Waals surface area contributed by atoms with Crippen LogP contribution >= 0.6 is 0 Å². The molecule has 0 radical (unpaired) electrons. The molecule has 3 N–H and O–H groups in total. The highest BCUT2D eigenvalue weighted by molar-refractivity contribution is 6.24. The van der Waals surface area contributed by atoms with Crippen molar-refractivity contribution >= 4 is 23.6 Å². The van der Waals surface area contributed by atoms with Crippen LogP contribution in [0.2, 0.25) is 0 Å². The fraction of sp³-hybridized carbons (Fsp3) is 0.412. The fourth-order valence-electron chi connectivity index (χ4n) is 3.17. The van der Waals surface area contributed by atoms with E-state index < -0.39 is 23.8 Å². The Hall–Kier alpha value is -2.58. The molecule has 0 spiro atoms. The van der Waals surface area contributed by atoms with Crippen molar-refractivity contribution in [3.05, 3.63) is 34.9 Å². The fourth-order valence-corrected chi connectivity index (χ4v) is 3.17. The van der Waals surface area contributed by atoms with E-state index in [1.165, 1.54) is 0 Å². The average molecular weight is 344 g/mol. The molecule has 2 heterocycles. The maximum absolute atomic E-state index is 12.8. The van der Waals surface area contributed by atoms with Crippen molar-refractivity contribution in [3.63, 3.8) is 0 Å². The molecule has 1 aromatic rings. The van der Waals surface area contributed by atoms with Crippen molar-refractivity contribution in [2.75, 3.05) is 20.1 Å². The van der Waals surface area contributed by atoms with Crippen LogP contribution < -0.4 is 16.0 Å². The van der Waals surface area contributed by atoms with Gasteiger partial charge in [-0.05, 0) is 25.1 Å². The summed E-state index contributed by atoms with van der Waals surface area (Å²) in [7, 11) is 1.85. The molecule has 0 saturated carbocycles. The highest BCUT2D eigenvalue weighted by Gasteiger charge is 2.45. The molecule has 1 unspecified atom stereocenters. The zero-order chi connectivity index (χ0) is 18.0. The minimum absolute atomic E-state index is 0.113. The van der Waals surface area contributed by atoms with Gasteiger partial charge in [-0.25, -0.2) is 0 Å². The van der Waals surface area contributed by atoms with Gasteiger partial charge in [0.1, 0.15) is 6.04 Å². The summed E-state index contributed by atoms with van der Waals surface area (Å²) in [6.07, 6.45) is 0.272. The van der Waals surface area contributed by atoms with Crippen LogP contribution in [0.3, 0.4) is 0 Å². The molecule has 0 aliphatic carbocycles. The van der Waals surface area contributed by atoms with Gasteiger partial charge in [-0.3, -0.25) is 29.4 Å². The number of imide groups is 2. The summed E-state index contributed by atoms with van der Waals surface area (Å²) in [5, 5.41) is 8.42. The van der Waals surface area contributed by atoms with Crippen LogP contribution in [0, 0.1) is 0 Å². The number of hydrogen-bond acceptors (Lipinski definition) is 6. The predicted molar refractivity (Wildman–Crippen MR) is 88.7 cm³/mol. The third kappa shape index (κ3) is 3.18. The molecule has 8 nitrogen and oxygen atoms in total. The van der Waals surface area contributed by atoms with E-state index in [9.17, 15) is 19.2 Å². The van der Waals surface area contributed by atoms with Gasteiger partial charge in [0, 0.05) is 26.1 Å². The molecule has 0 aromatic heterocycles. The summed E-state index contributed by atoms with van der Waals surface area (Å²) in [5.74, 6) is -1.93. The first-order valence-corrected chi connectivity index (χ1v) is 8.23. The van der Waals surface area contributed by atoms with Gasteiger partial charge in [-0.15, -0.1) is 0 Å². The third-order valence-electron chi connectivity index (χ3n) is 4.42. The zero-order valence-electron chi connectivity index (χ0n) is 13.9. The molecule has 3 rings (SSSR count). The molecular formula is C17H20N4O4. The van der Waals surface area contributed by atoms with Gasteiger partial charge in [0.2, 0.25) is 11.8 Å². The lowest BCUT2D eigenvalue weighted by molar-refractivity contribution is -0.136. The summed E-state index contributed by atoms with van der Waals surface area (Å²) < 4.78 is 0. The number of benzene rings is 1. The molecule has 132 valence electrons. The molecule has 1 atom stereocenters. The molecule has 2 aliphatic rings. The van der Waals surface area contributed by atoms with Crippen molar-refractivity contribution in [2.24, 2.45) is 0 Å². The summed E-state index contributed by atoms with van der Waals surface area (Å²) in [6, 6.07) is 4.19. The minimum Gasteiger partial charge on any atom is -0.318 e. The van der Waals surface area contributed by atoms with Crippen molar-refractivity contribution in [2.45, 2.75) is 25.4 Å². The monoisotopic (exact) mass is 344 g/mol. The van der Waals surface area contributed by atoms with Gasteiger partial charge in [0.25, 0.3) is 11.8 Å². The van der Waals surface area contributed by atoms with Gasteiger partial charge >= 0.3 is 0 Å². The lowest BCUT2D eigenvalue weighted by Gasteiger charge is -2.27. The highest BCUT2D eigenvalue weighted by atomic mass is 16.2. The zero-order valence-corrected chi connectivity index (χ0v) is 13.9. The topological polar surface area (TPSA) is 108 Å². The number of likely N-dealkylation sites (N-methyl/N-ethyl adjacent to an activating group) is 1. The second-order valence-corrected chi connectivity index (χ2v) is 6.07. The van der Waals surface area contributed by atoms with Crippen molar-refractivity contribution in [1.29, 1.82) is 0 Å². The maximum atomic E-state index is 12.8. The number of fused-ring (bicyclic) bond motifs is 1. The van der Waals surface area contributed by atoms with Crippen LogP contribution in [0.25, 0.3) is 0 Å². The van der Waals surface area contributed by atoms with Gasteiger partial charge in [0.05, 0.1) is 11.1 Å². The van der Waals surface area contributed by atoms with E-state index in [4.69, 9.17) is 0 Å². The van der Waals surface area contributed by atoms with E-state index in [0.29, 0.717) is 17.7 Å². The van der Waals surface area contributed by atoms with Crippen LogP contribution in [0.5, 0.6) is 0 Å². The van der Waals surface area contributed by atoms with E-state index in [2.05, 4.69) is 16.0 Å². The number of carbonyl (C=O) groups is 4. The number of rotatable bonds is 6. The molecule has 0 bridgehead atoms. The largest absolute Gasteiger partial charge is 0.318 e. The van der Waals surface area contributed by atoms with Crippen molar-refractivity contribution in [1.82, 2.24) is 20.9 Å². The second-order valence-electron chi connectivity index (χ2n) is 6.07. The summed E-state index contributed by atoms with van der Waals surface area (Å²) in [5.41, 5.74) is 1.37. The summed E-state index contributed by atoms with van der Waals surface area (Å²) in [6.45, 7) is 1.95. The molecule has 25 heavy (non-hydrogen) atoms. The first-order chi connectivity index (χ1) is 12.0. The van der Waals surface area contributed by atoms with Gasteiger partial charge in [-0.1, -0.05) is 12.1 Å². The standard InChI is InChI=1S/C17H20N4O4/c1-18-7-8-19-9-10-3-2-4-11-14(10)17(25)21(16(11)24)12-5-6-13(22)20-15(12)23/h2-4,12,18-19H,5-9H2,1H3,(H,20,22,23). The van der Waals surface area contributed by atoms with Crippen LogP contribution in [-0.4, -0.2) is 54.7 Å². The molecule has 8 heteroatoms. The van der Waals surface area contributed by atoms with Gasteiger partial charge in [0.15, 0.2) is 0 Å². The third-order valence-corrected chi connectivity index (χ3v) is 4.42. The van der Waals surface area contributed by atoms with E-state index in [1.54, 1.807) is 18.2 Å². The Morgan fingerprint density at radius 3 is 2.68 bits per heavy atom. The molecule has 1 saturated heterocycles. The molecule has 4 amide bonds. The Kier molecular flexibility index (Phi) is 4.91. The Morgan fingerprint density at radius 1 is 1.16 bits per heavy atom. The summed E-state index contributed by atoms with van der Waals surface area (Å²) >= 11 is 0. The van der Waals surface area contributed by atoms with E-state index >= 15 is 0 Å². The van der Waals surface area contributed by atoms with E-state index in [1.807, 2.05) is 7.05 Å². The van der Waals surface area contributed by atoms with Crippen molar-refractivity contribution < 1.29 is 19.2 Å². The quantitative estimate of drug-likeness (QED) is 0.470. The Morgan fingerprint density at radius 2 is 1.96 bits per heavy atom. The smallest absolute Gasteiger partial charge is 0.262 e. The first kappa shape index (κ1) is 17.2. The normalized spacial score (nSPS) is 20.0. The lowest BCUT2D eigenvalue weighted by Crippen LogP contribution is -2.54. The molecule has 1 aromatic carbocycles. The predicted octanol–water partition coefficient (Wildman–Crippen LogP) is -0.603. The summed E-state index contributed by atoms with van der Waals surface area (Å²) in [4.78, 5) is 49.9. The Labute approximate surface area is 144 Å². The van der Waals surface area contributed by atoms with E-state index in [-0.39, 0.29) is 18.7 Å². The minimum atomic E-state index is -0.935. The number of nitrogens with one attached hydrogen (secondary N) is 3. The van der Waals surface area contributed by atoms with Gasteiger partial charge in [-0.2, -0.15) is 0 Å². The first-order valence-electron chi connectivity index (χ1n) is 8.23. The molecule has 2 aliphatic heterocycles. The second kappa shape index (κ2) is 7.12. The number of amides is 4. The van der Waals surface area contributed by atoms with Crippen LogP contribution in [-0.2, 0) is 16.1 Å². The highest BCUT2D eigenvalue weighted by Crippen LogP contribution is 2.29. The Bertz CT molecular complexity index is 746. The number of carbonyl (C=O) groups excluding carboxylic acids is 4. The number of piperidine rings is 1. The van der Waals surface area contributed by atoms with Gasteiger partial charge < -0.3 is 10.6 Å². The average Bonchev–Trinajstić information content (AvgIpc) is 2.84. The molecular weight excluding hydrogens is 324 g/mol.